The fraction of sp³-hybridized carbons (Fsp3) is 0.429. The van der Waals surface area contributed by atoms with Crippen molar-refractivity contribution in [1.29, 1.82) is 0 Å². The van der Waals surface area contributed by atoms with Crippen LogP contribution < -0.4 is 11.1 Å². The Morgan fingerprint density at radius 2 is 2.35 bits per heavy atom. The number of carbonyl (C=O) groups is 1. The SMILES string of the molecule is N[C@@H](CC[C@@H]1CCNC1=O)Sc1nc2ccccc2o1. The van der Waals surface area contributed by atoms with Gasteiger partial charge in [0.05, 0.1) is 5.37 Å². The summed E-state index contributed by atoms with van der Waals surface area (Å²) in [7, 11) is 0. The maximum Gasteiger partial charge on any atom is 0.258 e. The topological polar surface area (TPSA) is 81.1 Å². The van der Waals surface area contributed by atoms with Gasteiger partial charge < -0.3 is 15.5 Å². The molecule has 2 heterocycles. The average molecular weight is 291 g/mol. The van der Waals surface area contributed by atoms with Crippen LogP contribution in [0, 0.1) is 5.92 Å². The summed E-state index contributed by atoms with van der Waals surface area (Å²) in [5.41, 5.74) is 7.70. The van der Waals surface area contributed by atoms with Crippen molar-refractivity contribution in [2.45, 2.75) is 29.9 Å². The van der Waals surface area contributed by atoms with Crippen LogP contribution in [0.15, 0.2) is 33.9 Å². The smallest absolute Gasteiger partial charge is 0.258 e. The van der Waals surface area contributed by atoms with E-state index in [2.05, 4.69) is 10.3 Å². The summed E-state index contributed by atoms with van der Waals surface area (Å²) in [6.45, 7) is 0.789. The van der Waals surface area contributed by atoms with Crippen molar-refractivity contribution in [3.8, 4) is 0 Å². The predicted octanol–water partition coefficient (Wildman–Crippen LogP) is 2.12. The normalized spacial score (nSPS) is 20.2. The van der Waals surface area contributed by atoms with Crippen LogP contribution in [0.3, 0.4) is 0 Å². The maximum atomic E-state index is 11.5. The Morgan fingerprint density at radius 3 is 3.10 bits per heavy atom. The van der Waals surface area contributed by atoms with E-state index in [9.17, 15) is 4.79 Å². The second-order valence-corrected chi connectivity index (χ2v) is 6.15. The van der Waals surface area contributed by atoms with Crippen molar-refractivity contribution in [2.24, 2.45) is 11.7 Å². The Kier molecular flexibility index (Phi) is 3.93. The van der Waals surface area contributed by atoms with E-state index >= 15 is 0 Å². The molecule has 20 heavy (non-hydrogen) atoms. The predicted molar refractivity (Wildman–Crippen MR) is 78.2 cm³/mol. The zero-order chi connectivity index (χ0) is 13.9. The van der Waals surface area contributed by atoms with E-state index in [0.29, 0.717) is 5.22 Å². The van der Waals surface area contributed by atoms with Crippen molar-refractivity contribution >= 4 is 28.8 Å². The lowest BCUT2D eigenvalue weighted by molar-refractivity contribution is -0.122. The number of hydrogen-bond acceptors (Lipinski definition) is 5. The van der Waals surface area contributed by atoms with E-state index in [1.165, 1.54) is 11.8 Å². The number of carbonyl (C=O) groups excluding carboxylic acids is 1. The number of hydrogen-bond donors (Lipinski definition) is 2. The molecule has 0 spiro atoms. The third-order valence-corrected chi connectivity index (χ3v) is 4.40. The van der Waals surface area contributed by atoms with Gasteiger partial charge in [-0.25, -0.2) is 4.98 Å². The van der Waals surface area contributed by atoms with Crippen LogP contribution in [0.4, 0.5) is 0 Å². The molecule has 1 amide bonds. The summed E-state index contributed by atoms with van der Waals surface area (Å²) in [5, 5.41) is 3.34. The summed E-state index contributed by atoms with van der Waals surface area (Å²) < 4.78 is 5.62. The van der Waals surface area contributed by atoms with Gasteiger partial charge in [0.25, 0.3) is 5.22 Å². The molecule has 0 saturated carbocycles. The van der Waals surface area contributed by atoms with Crippen LogP contribution in [0.2, 0.25) is 0 Å². The highest BCUT2D eigenvalue weighted by atomic mass is 32.2. The zero-order valence-electron chi connectivity index (χ0n) is 11.0. The summed E-state index contributed by atoms with van der Waals surface area (Å²) in [5.74, 6) is 0.273. The van der Waals surface area contributed by atoms with Gasteiger partial charge in [0.1, 0.15) is 5.52 Å². The number of oxazole rings is 1. The van der Waals surface area contributed by atoms with E-state index in [-0.39, 0.29) is 17.2 Å². The third-order valence-electron chi connectivity index (χ3n) is 3.49. The molecule has 1 aliphatic rings. The number of nitrogens with two attached hydrogens (primary N) is 1. The number of aromatic nitrogens is 1. The van der Waals surface area contributed by atoms with Crippen LogP contribution >= 0.6 is 11.8 Å². The molecule has 6 heteroatoms. The van der Waals surface area contributed by atoms with E-state index in [4.69, 9.17) is 10.2 Å². The molecule has 1 saturated heterocycles. The number of para-hydroxylation sites is 2. The molecule has 3 N–H and O–H groups in total. The average Bonchev–Trinajstić information content (AvgIpc) is 3.01. The lowest BCUT2D eigenvalue weighted by Gasteiger charge is -2.11. The van der Waals surface area contributed by atoms with Crippen LogP contribution in [-0.4, -0.2) is 22.8 Å². The highest BCUT2D eigenvalue weighted by Crippen LogP contribution is 2.28. The molecule has 106 valence electrons. The monoisotopic (exact) mass is 291 g/mol. The van der Waals surface area contributed by atoms with Gasteiger partial charge in [-0.05, 0) is 43.2 Å². The Morgan fingerprint density at radius 1 is 1.50 bits per heavy atom. The molecular formula is C14H17N3O2S. The van der Waals surface area contributed by atoms with Gasteiger partial charge >= 0.3 is 0 Å². The van der Waals surface area contributed by atoms with Crippen molar-refractivity contribution in [3.63, 3.8) is 0 Å². The van der Waals surface area contributed by atoms with Gasteiger partial charge in [0.2, 0.25) is 5.91 Å². The van der Waals surface area contributed by atoms with E-state index in [1.54, 1.807) is 0 Å². The van der Waals surface area contributed by atoms with Crippen LogP contribution in [0.5, 0.6) is 0 Å². The second kappa shape index (κ2) is 5.85. The summed E-state index contributed by atoms with van der Waals surface area (Å²) in [4.78, 5) is 15.9. The maximum absolute atomic E-state index is 11.5. The third kappa shape index (κ3) is 2.96. The molecule has 1 aliphatic heterocycles. The molecule has 5 nitrogen and oxygen atoms in total. The Balaban J connectivity index is 1.55. The number of amides is 1. The summed E-state index contributed by atoms with van der Waals surface area (Å²) in [6.07, 6.45) is 2.51. The van der Waals surface area contributed by atoms with Gasteiger partial charge in [-0.3, -0.25) is 4.79 Å². The fourth-order valence-corrected chi connectivity index (χ4v) is 3.18. The first kappa shape index (κ1) is 13.5. The molecule has 3 rings (SSSR count). The Bertz CT molecular complexity index is 580. The first-order valence-corrected chi connectivity index (χ1v) is 7.66. The lowest BCUT2D eigenvalue weighted by atomic mass is 10.0. The number of nitrogens with one attached hydrogen (secondary N) is 1. The van der Waals surface area contributed by atoms with Crippen LogP contribution in [0.1, 0.15) is 19.3 Å². The molecule has 2 aromatic rings. The van der Waals surface area contributed by atoms with Gasteiger partial charge in [0, 0.05) is 12.5 Å². The van der Waals surface area contributed by atoms with Crippen molar-refractivity contribution < 1.29 is 9.21 Å². The first-order valence-electron chi connectivity index (χ1n) is 6.78. The van der Waals surface area contributed by atoms with E-state index in [0.717, 1.165) is 36.9 Å². The molecule has 1 aromatic heterocycles. The molecular weight excluding hydrogens is 274 g/mol. The summed E-state index contributed by atoms with van der Waals surface area (Å²) >= 11 is 1.42. The van der Waals surface area contributed by atoms with Gasteiger partial charge in [0.15, 0.2) is 5.58 Å². The standard InChI is InChI=1S/C14H17N3O2S/c15-12(6-5-9-7-8-16-13(9)18)20-14-17-10-3-1-2-4-11(10)19-14/h1-4,9,12H,5-8,15H2,(H,16,18)/t9-,12-/m1/s1. The van der Waals surface area contributed by atoms with Crippen LogP contribution in [0.25, 0.3) is 11.1 Å². The highest BCUT2D eigenvalue weighted by molar-refractivity contribution is 7.99. The fourth-order valence-electron chi connectivity index (χ4n) is 2.38. The molecule has 2 atom stereocenters. The van der Waals surface area contributed by atoms with Crippen molar-refractivity contribution in [2.75, 3.05) is 6.54 Å². The molecule has 0 radical (unpaired) electrons. The number of benzene rings is 1. The largest absolute Gasteiger partial charge is 0.431 e. The van der Waals surface area contributed by atoms with Crippen molar-refractivity contribution in [1.82, 2.24) is 10.3 Å². The van der Waals surface area contributed by atoms with E-state index < -0.39 is 0 Å². The molecule has 0 bridgehead atoms. The quantitative estimate of drug-likeness (QED) is 0.651. The first-order chi connectivity index (χ1) is 9.72. The highest BCUT2D eigenvalue weighted by Gasteiger charge is 2.24. The lowest BCUT2D eigenvalue weighted by Crippen LogP contribution is -2.22. The number of rotatable bonds is 5. The number of thioether (sulfide) groups is 1. The Labute approximate surface area is 121 Å². The molecule has 0 aliphatic carbocycles. The van der Waals surface area contributed by atoms with E-state index in [1.807, 2.05) is 24.3 Å². The molecule has 1 fully saturated rings. The molecule has 1 aromatic carbocycles. The molecule has 0 unspecified atom stereocenters. The van der Waals surface area contributed by atoms with Crippen molar-refractivity contribution in [3.05, 3.63) is 24.3 Å². The minimum Gasteiger partial charge on any atom is -0.431 e. The zero-order valence-corrected chi connectivity index (χ0v) is 11.9. The minimum atomic E-state index is -0.100. The van der Waals surface area contributed by atoms with Gasteiger partial charge in [-0.2, -0.15) is 0 Å². The minimum absolute atomic E-state index is 0.100. The van der Waals surface area contributed by atoms with Gasteiger partial charge in [-0.1, -0.05) is 12.1 Å². The second-order valence-electron chi connectivity index (χ2n) is 4.96. The summed E-state index contributed by atoms with van der Waals surface area (Å²) in [6, 6.07) is 7.65. The number of fused-ring (bicyclic) bond motifs is 1. The van der Waals surface area contributed by atoms with Crippen LogP contribution in [-0.2, 0) is 4.79 Å². The number of nitrogens with zero attached hydrogens (tertiary/aromatic N) is 1. The van der Waals surface area contributed by atoms with Gasteiger partial charge in [-0.15, -0.1) is 0 Å². The Hall–Kier alpha value is -1.53.